The Morgan fingerprint density at radius 3 is 2.14 bits per heavy atom. The summed E-state index contributed by atoms with van der Waals surface area (Å²) in [6.07, 6.45) is 3.65. The lowest BCUT2D eigenvalue weighted by Crippen LogP contribution is -2.50. The van der Waals surface area contributed by atoms with Crippen molar-refractivity contribution in [2.75, 3.05) is 26.2 Å². The number of carbonyl (C=O) groups excluding carboxylic acids is 2. The lowest BCUT2D eigenvalue weighted by Gasteiger charge is -2.35. The summed E-state index contributed by atoms with van der Waals surface area (Å²) in [5.41, 5.74) is 3.57. The number of halogens is 2. The Labute approximate surface area is 207 Å². The Morgan fingerprint density at radius 2 is 1.47 bits per heavy atom. The molecule has 0 saturated carbocycles. The van der Waals surface area contributed by atoms with E-state index in [9.17, 15) is 18.4 Å². The van der Waals surface area contributed by atoms with Crippen molar-refractivity contribution in [3.8, 4) is 11.1 Å². The van der Waals surface area contributed by atoms with Gasteiger partial charge in [0.15, 0.2) is 11.6 Å². The number of hydrogen-bond acceptors (Lipinski definition) is 3. The van der Waals surface area contributed by atoms with E-state index in [1.165, 1.54) is 6.07 Å². The minimum atomic E-state index is -1.05. The van der Waals surface area contributed by atoms with Crippen LogP contribution in [0.15, 0.2) is 85.2 Å². The van der Waals surface area contributed by atoms with Crippen LogP contribution in [0.2, 0.25) is 0 Å². The van der Waals surface area contributed by atoms with Crippen molar-refractivity contribution in [3.05, 3.63) is 114 Å². The molecule has 2 heterocycles. The van der Waals surface area contributed by atoms with Crippen LogP contribution >= 0.6 is 0 Å². The van der Waals surface area contributed by atoms with Gasteiger partial charge in [0.1, 0.15) is 0 Å². The number of rotatable bonds is 5. The van der Waals surface area contributed by atoms with Gasteiger partial charge in [-0.25, -0.2) is 8.78 Å². The zero-order chi connectivity index (χ0) is 25.1. The first-order valence-electron chi connectivity index (χ1n) is 11.7. The maximum atomic E-state index is 13.5. The normalized spacial score (nSPS) is 13.6. The number of nitrogens with zero attached hydrogens (tertiary/aromatic N) is 4. The molecule has 5 rings (SSSR count). The fourth-order valence-electron chi connectivity index (χ4n) is 4.39. The van der Waals surface area contributed by atoms with E-state index >= 15 is 0 Å². The van der Waals surface area contributed by atoms with Crippen LogP contribution in [0.25, 0.3) is 11.1 Å². The van der Waals surface area contributed by atoms with Gasteiger partial charge < -0.3 is 9.80 Å². The Bertz CT molecular complexity index is 1380. The van der Waals surface area contributed by atoms with E-state index in [-0.39, 0.29) is 17.4 Å². The zero-order valence-electron chi connectivity index (χ0n) is 19.5. The fraction of sp³-hybridized carbons (Fsp3) is 0.179. The summed E-state index contributed by atoms with van der Waals surface area (Å²) in [5, 5.41) is 4.23. The molecule has 0 N–H and O–H groups in total. The smallest absolute Gasteiger partial charge is 0.254 e. The summed E-state index contributed by atoms with van der Waals surface area (Å²) in [5.74, 6) is -2.53. The SMILES string of the molecule is O=C(c1ccc(F)c(F)c1)N1CCN(C(=O)c2ccccc2-c2ccc(Cn3cccn3)cc2)CC1. The van der Waals surface area contributed by atoms with Gasteiger partial charge >= 0.3 is 0 Å². The van der Waals surface area contributed by atoms with Gasteiger partial charge in [0, 0.05) is 49.7 Å². The van der Waals surface area contributed by atoms with Crippen LogP contribution in [0.1, 0.15) is 26.3 Å². The number of hydrogen-bond donors (Lipinski definition) is 0. The molecule has 1 saturated heterocycles. The molecule has 0 spiro atoms. The summed E-state index contributed by atoms with van der Waals surface area (Å²) < 4.78 is 28.6. The minimum absolute atomic E-state index is 0.0926. The highest BCUT2D eigenvalue weighted by atomic mass is 19.2. The second-order valence-electron chi connectivity index (χ2n) is 8.66. The second-order valence-corrected chi connectivity index (χ2v) is 8.66. The molecule has 0 bridgehead atoms. The Morgan fingerprint density at radius 1 is 0.778 bits per heavy atom. The van der Waals surface area contributed by atoms with Gasteiger partial charge in [-0.15, -0.1) is 0 Å². The van der Waals surface area contributed by atoms with Crippen molar-refractivity contribution >= 4 is 11.8 Å². The molecule has 0 atom stereocenters. The van der Waals surface area contributed by atoms with E-state index in [4.69, 9.17) is 0 Å². The average Bonchev–Trinajstić information content (AvgIpc) is 3.43. The van der Waals surface area contributed by atoms with Gasteiger partial charge in [0.2, 0.25) is 0 Å². The van der Waals surface area contributed by atoms with Crippen LogP contribution in [0.3, 0.4) is 0 Å². The highest BCUT2D eigenvalue weighted by Gasteiger charge is 2.27. The molecule has 4 aromatic rings. The predicted octanol–water partition coefficient (Wildman–Crippen LogP) is 4.47. The van der Waals surface area contributed by atoms with Crippen molar-refractivity contribution < 1.29 is 18.4 Å². The number of aromatic nitrogens is 2. The first kappa shape index (κ1) is 23.4. The molecular weight excluding hydrogens is 462 g/mol. The van der Waals surface area contributed by atoms with Gasteiger partial charge in [-0.3, -0.25) is 14.3 Å². The van der Waals surface area contributed by atoms with Crippen LogP contribution in [-0.2, 0) is 6.54 Å². The molecule has 1 fully saturated rings. The third-order valence-electron chi connectivity index (χ3n) is 6.35. The maximum absolute atomic E-state index is 13.5. The van der Waals surface area contributed by atoms with Gasteiger partial charge in [-0.2, -0.15) is 5.10 Å². The highest BCUT2D eigenvalue weighted by molar-refractivity contribution is 6.01. The van der Waals surface area contributed by atoms with Crippen LogP contribution in [-0.4, -0.2) is 57.6 Å². The topological polar surface area (TPSA) is 58.4 Å². The maximum Gasteiger partial charge on any atom is 0.254 e. The van der Waals surface area contributed by atoms with E-state index in [0.29, 0.717) is 38.3 Å². The summed E-state index contributed by atoms with van der Waals surface area (Å²) in [6, 6.07) is 20.6. The molecule has 2 amide bonds. The minimum Gasteiger partial charge on any atom is -0.335 e. The van der Waals surface area contributed by atoms with Crippen LogP contribution in [0, 0.1) is 11.6 Å². The van der Waals surface area contributed by atoms with Crippen LogP contribution in [0.4, 0.5) is 8.78 Å². The van der Waals surface area contributed by atoms with Crippen molar-refractivity contribution in [2.45, 2.75) is 6.54 Å². The average molecular weight is 487 g/mol. The first-order chi connectivity index (χ1) is 17.5. The van der Waals surface area contributed by atoms with E-state index in [0.717, 1.165) is 28.8 Å². The van der Waals surface area contributed by atoms with Crippen molar-refractivity contribution in [1.82, 2.24) is 19.6 Å². The summed E-state index contributed by atoms with van der Waals surface area (Å²) in [7, 11) is 0. The molecule has 8 heteroatoms. The summed E-state index contributed by atoms with van der Waals surface area (Å²) in [6.45, 7) is 2.00. The predicted molar refractivity (Wildman–Crippen MR) is 131 cm³/mol. The molecule has 1 aliphatic rings. The molecule has 182 valence electrons. The van der Waals surface area contributed by atoms with Gasteiger partial charge in [-0.05, 0) is 47.0 Å². The monoisotopic (exact) mass is 486 g/mol. The fourth-order valence-corrected chi connectivity index (χ4v) is 4.39. The third kappa shape index (κ3) is 4.88. The molecule has 1 aliphatic heterocycles. The van der Waals surface area contributed by atoms with E-state index in [1.807, 2.05) is 65.5 Å². The molecule has 0 unspecified atom stereocenters. The number of carbonyl (C=O) groups is 2. The largest absolute Gasteiger partial charge is 0.335 e. The van der Waals surface area contributed by atoms with Crippen molar-refractivity contribution in [1.29, 1.82) is 0 Å². The number of amides is 2. The lowest BCUT2D eigenvalue weighted by molar-refractivity contribution is 0.0535. The lowest BCUT2D eigenvalue weighted by atomic mass is 9.97. The number of benzene rings is 3. The molecule has 1 aromatic heterocycles. The van der Waals surface area contributed by atoms with E-state index in [2.05, 4.69) is 5.10 Å². The number of piperazine rings is 1. The highest BCUT2D eigenvalue weighted by Crippen LogP contribution is 2.26. The Balaban J connectivity index is 1.27. The molecular formula is C28H24F2N4O2. The molecule has 0 aliphatic carbocycles. The zero-order valence-corrected chi connectivity index (χ0v) is 19.5. The Kier molecular flexibility index (Phi) is 6.58. The van der Waals surface area contributed by atoms with Crippen LogP contribution < -0.4 is 0 Å². The summed E-state index contributed by atoms with van der Waals surface area (Å²) >= 11 is 0. The Hall–Kier alpha value is -4.33. The first-order valence-corrected chi connectivity index (χ1v) is 11.7. The quantitative estimate of drug-likeness (QED) is 0.418. The third-order valence-corrected chi connectivity index (χ3v) is 6.35. The van der Waals surface area contributed by atoms with Gasteiger partial charge in [-0.1, -0.05) is 42.5 Å². The van der Waals surface area contributed by atoms with E-state index < -0.39 is 11.6 Å². The van der Waals surface area contributed by atoms with Gasteiger partial charge in [0.25, 0.3) is 11.8 Å². The van der Waals surface area contributed by atoms with Crippen molar-refractivity contribution in [2.24, 2.45) is 0 Å². The second kappa shape index (κ2) is 10.1. The molecule has 3 aromatic carbocycles. The molecule has 6 nitrogen and oxygen atoms in total. The van der Waals surface area contributed by atoms with Crippen LogP contribution in [0.5, 0.6) is 0 Å². The molecule has 36 heavy (non-hydrogen) atoms. The molecule has 0 radical (unpaired) electrons. The summed E-state index contributed by atoms with van der Waals surface area (Å²) in [4.78, 5) is 29.4. The standard InChI is InChI=1S/C28H24F2N4O2/c29-25-11-10-22(18-26(25)30)27(35)32-14-16-33(17-15-32)28(36)24-5-2-1-4-23(24)21-8-6-20(7-9-21)19-34-13-3-12-31-34/h1-13,18H,14-17,19H2. The van der Waals surface area contributed by atoms with E-state index in [1.54, 1.807) is 16.0 Å². The van der Waals surface area contributed by atoms with Crippen molar-refractivity contribution in [3.63, 3.8) is 0 Å². The van der Waals surface area contributed by atoms with Gasteiger partial charge in [0.05, 0.1) is 6.54 Å².